The molecule has 0 bridgehead atoms. The zero-order valence-corrected chi connectivity index (χ0v) is 13.5. The van der Waals surface area contributed by atoms with Crippen LogP contribution in [-0.4, -0.2) is 49.9 Å². The zero-order chi connectivity index (χ0) is 16.1. The van der Waals surface area contributed by atoms with Gasteiger partial charge < -0.3 is 24.4 Å². The van der Waals surface area contributed by atoms with Crippen LogP contribution in [0.5, 0.6) is 11.5 Å². The number of anilines is 1. The molecule has 3 rings (SSSR count). The van der Waals surface area contributed by atoms with Crippen molar-refractivity contribution in [3.63, 3.8) is 0 Å². The van der Waals surface area contributed by atoms with Gasteiger partial charge in [-0.2, -0.15) is 0 Å². The smallest absolute Gasteiger partial charge is 0.321 e. The summed E-state index contributed by atoms with van der Waals surface area (Å²) >= 11 is 0. The number of ether oxygens (including phenoxy) is 3. The second-order valence-corrected chi connectivity index (χ2v) is 5.82. The molecule has 1 aromatic carbocycles. The molecule has 126 valence electrons. The van der Waals surface area contributed by atoms with Crippen LogP contribution in [0.3, 0.4) is 0 Å². The van der Waals surface area contributed by atoms with Crippen molar-refractivity contribution in [2.75, 3.05) is 38.2 Å². The molecule has 0 aromatic heterocycles. The maximum Gasteiger partial charge on any atom is 0.321 e. The molecule has 1 saturated heterocycles. The van der Waals surface area contributed by atoms with Crippen LogP contribution in [-0.2, 0) is 4.74 Å². The van der Waals surface area contributed by atoms with Crippen molar-refractivity contribution in [2.45, 2.75) is 32.3 Å². The molecule has 1 aromatic rings. The first-order valence-corrected chi connectivity index (χ1v) is 8.33. The SMILES string of the molecule is CCN(C[C@H]1CCCCO1)C(=O)Nc1ccc2c(c1)OCCO2. The Balaban J connectivity index is 1.60. The maximum atomic E-state index is 12.5. The van der Waals surface area contributed by atoms with Crippen LogP contribution in [0.4, 0.5) is 10.5 Å². The molecule has 1 atom stereocenters. The predicted octanol–water partition coefficient (Wildman–Crippen LogP) is 2.88. The third-order valence-electron chi connectivity index (χ3n) is 4.16. The Hall–Kier alpha value is -1.95. The lowest BCUT2D eigenvalue weighted by molar-refractivity contribution is 0.00221. The second-order valence-electron chi connectivity index (χ2n) is 5.82. The topological polar surface area (TPSA) is 60.0 Å². The highest BCUT2D eigenvalue weighted by molar-refractivity contribution is 5.89. The van der Waals surface area contributed by atoms with Crippen LogP contribution in [0.2, 0.25) is 0 Å². The Morgan fingerprint density at radius 2 is 2.04 bits per heavy atom. The summed E-state index contributed by atoms with van der Waals surface area (Å²) in [4.78, 5) is 14.3. The van der Waals surface area contributed by atoms with Crippen molar-refractivity contribution in [1.82, 2.24) is 4.90 Å². The van der Waals surface area contributed by atoms with Crippen molar-refractivity contribution < 1.29 is 19.0 Å². The van der Waals surface area contributed by atoms with Crippen LogP contribution in [0.25, 0.3) is 0 Å². The molecule has 1 N–H and O–H groups in total. The van der Waals surface area contributed by atoms with E-state index in [0.29, 0.717) is 37.7 Å². The van der Waals surface area contributed by atoms with Crippen molar-refractivity contribution in [1.29, 1.82) is 0 Å². The fourth-order valence-electron chi connectivity index (χ4n) is 2.88. The van der Waals surface area contributed by atoms with E-state index in [0.717, 1.165) is 25.2 Å². The van der Waals surface area contributed by atoms with Gasteiger partial charge in [-0.1, -0.05) is 0 Å². The van der Waals surface area contributed by atoms with Crippen LogP contribution in [0.15, 0.2) is 18.2 Å². The number of likely N-dealkylation sites (N-methyl/N-ethyl adjacent to an activating group) is 1. The number of nitrogens with one attached hydrogen (secondary N) is 1. The van der Waals surface area contributed by atoms with Crippen LogP contribution in [0.1, 0.15) is 26.2 Å². The maximum absolute atomic E-state index is 12.5. The normalized spacial score (nSPS) is 20.0. The van der Waals surface area contributed by atoms with E-state index in [1.807, 2.05) is 19.1 Å². The van der Waals surface area contributed by atoms with Gasteiger partial charge in [0.25, 0.3) is 0 Å². The van der Waals surface area contributed by atoms with Gasteiger partial charge in [-0.05, 0) is 38.3 Å². The minimum atomic E-state index is -0.113. The lowest BCUT2D eigenvalue weighted by atomic mass is 10.1. The van der Waals surface area contributed by atoms with E-state index in [2.05, 4.69) is 5.32 Å². The number of carbonyl (C=O) groups is 1. The molecule has 6 heteroatoms. The minimum Gasteiger partial charge on any atom is -0.486 e. The first-order chi connectivity index (χ1) is 11.3. The summed E-state index contributed by atoms with van der Waals surface area (Å²) < 4.78 is 16.8. The average molecular weight is 320 g/mol. The van der Waals surface area contributed by atoms with Crippen LogP contribution < -0.4 is 14.8 Å². The van der Waals surface area contributed by atoms with Gasteiger partial charge in [0.2, 0.25) is 0 Å². The van der Waals surface area contributed by atoms with Gasteiger partial charge in [0, 0.05) is 31.5 Å². The Kier molecular flexibility index (Phi) is 5.23. The lowest BCUT2D eigenvalue weighted by Crippen LogP contribution is -2.41. The molecule has 0 spiro atoms. The quantitative estimate of drug-likeness (QED) is 0.927. The molecule has 2 aliphatic rings. The van der Waals surface area contributed by atoms with Gasteiger partial charge in [-0.3, -0.25) is 0 Å². The number of hydrogen-bond acceptors (Lipinski definition) is 4. The molecule has 6 nitrogen and oxygen atoms in total. The Bertz CT molecular complexity index is 543. The molecule has 0 aliphatic carbocycles. The highest BCUT2D eigenvalue weighted by Gasteiger charge is 2.21. The molecule has 2 heterocycles. The molecule has 2 amide bonds. The monoisotopic (exact) mass is 320 g/mol. The van der Waals surface area contributed by atoms with E-state index in [1.165, 1.54) is 6.42 Å². The summed E-state index contributed by atoms with van der Waals surface area (Å²) in [6.07, 6.45) is 3.46. The van der Waals surface area contributed by atoms with Crippen molar-refractivity contribution in [2.24, 2.45) is 0 Å². The first kappa shape index (κ1) is 15.9. The van der Waals surface area contributed by atoms with Gasteiger partial charge in [-0.15, -0.1) is 0 Å². The molecular weight excluding hydrogens is 296 g/mol. The van der Waals surface area contributed by atoms with E-state index in [1.54, 1.807) is 11.0 Å². The molecular formula is C17H24N2O4. The van der Waals surface area contributed by atoms with Crippen molar-refractivity contribution in [3.8, 4) is 11.5 Å². The van der Waals surface area contributed by atoms with Gasteiger partial charge in [0.05, 0.1) is 6.10 Å². The number of benzene rings is 1. The second kappa shape index (κ2) is 7.55. The third-order valence-corrected chi connectivity index (χ3v) is 4.16. The Morgan fingerprint density at radius 1 is 1.22 bits per heavy atom. The number of hydrogen-bond donors (Lipinski definition) is 1. The first-order valence-electron chi connectivity index (χ1n) is 8.33. The van der Waals surface area contributed by atoms with E-state index >= 15 is 0 Å². The fourth-order valence-corrected chi connectivity index (χ4v) is 2.88. The molecule has 0 unspecified atom stereocenters. The fraction of sp³-hybridized carbons (Fsp3) is 0.588. The van der Waals surface area contributed by atoms with E-state index < -0.39 is 0 Å². The molecule has 0 radical (unpaired) electrons. The van der Waals surface area contributed by atoms with E-state index in [-0.39, 0.29) is 12.1 Å². The number of urea groups is 1. The average Bonchev–Trinajstić information content (AvgIpc) is 2.60. The minimum absolute atomic E-state index is 0.113. The lowest BCUT2D eigenvalue weighted by Gasteiger charge is -2.29. The van der Waals surface area contributed by atoms with Crippen molar-refractivity contribution in [3.05, 3.63) is 18.2 Å². The van der Waals surface area contributed by atoms with Crippen LogP contribution in [0, 0.1) is 0 Å². The van der Waals surface area contributed by atoms with E-state index in [4.69, 9.17) is 14.2 Å². The standard InChI is InChI=1S/C17H24N2O4/c1-2-19(12-14-5-3-4-8-21-14)17(20)18-13-6-7-15-16(11-13)23-10-9-22-15/h6-7,11,14H,2-5,8-10,12H2,1H3,(H,18,20)/t14-/m1/s1. The summed E-state index contributed by atoms with van der Waals surface area (Å²) in [6.45, 7) is 5.15. The van der Waals surface area contributed by atoms with Gasteiger partial charge in [0.15, 0.2) is 11.5 Å². The highest BCUT2D eigenvalue weighted by atomic mass is 16.6. The molecule has 23 heavy (non-hydrogen) atoms. The number of amides is 2. The molecule has 0 saturated carbocycles. The zero-order valence-electron chi connectivity index (χ0n) is 13.5. The summed E-state index contributed by atoms with van der Waals surface area (Å²) in [5.74, 6) is 1.39. The largest absolute Gasteiger partial charge is 0.486 e. The Morgan fingerprint density at radius 3 is 2.78 bits per heavy atom. The van der Waals surface area contributed by atoms with Crippen LogP contribution >= 0.6 is 0 Å². The third kappa shape index (κ3) is 4.07. The molecule has 2 aliphatic heterocycles. The van der Waals surface area contributed by atoms with Gasteiger partial charge in [0.1, 0.15) is 13.2 Å². The number of nitrogens with zero attached hydrogens (tertiary/aromatic N) is 1. The van der Waals surface area contributed by atoms with Gasteiger partial charge in [-0.25, -0.2) is 4.79 Å². The summed E-state index contributed by atoms with van der Waals surface area (Å²) in [5.41, 5.74) is 0.710. The highest BCUT2D eigenvalue weighted by Crippen LogP contribution is 2.32. The van der Waals surface area contributed by atoms with Crippen molar-refractivity contribution >= 4 is 11.7 Å². The number of rotatable bonds is 4. The summed E-state index contributed by atoms with van der Waals surface area (Å²) in [7, 11) is 0. The number of carbonyl (C=O) groups excluding carboxylic acids is 1. The summed E-state index contributed by atoms with van der Waals surface area (Å²) in [5, 5.41) is 2.93. The predicted molar refractivity (Wildman–Crippen MR) is 87.3 cm³/mol. The summed E-state index contributed by atoms with van der Waals surface area (Å²) in [6, 6.07) is 5.34. The number of fused-ring (bicyclic) bond motifs is 1. The Labute approximate surface area is 136 Å². The molecule has 1 fully saturated rings. The van der Waals surface area contributed by atoms with E-state index in [9.17, 15) is 4.79 Å². The van der Waals surface area contributed by atoms with Gasteiger partial charge >= 0.3 is 6.03 Å².